The molecule has 0 aliphatic carbocycles. The average molecular weight is 895 g/mol. The maximum Gasteiger partial charge on any atom is 0.306 e. The molecule has 0 amide bonds. The first kappa shape index (κ1) is 61.6. The number of hydrogen-bond acceptors (Lipinski definition) is 5. The predicted molar refractivity (Wildman–Crippen MR) is 279 cm³/mol. The molecule has 0 heterocycles. The number of ether oxygens (including phenoxy) is 3. The minimum Gasteiger partial charge on any atom is -0.462 e. The fourth-order valence-corrected chi connectivity index (χ4v) is 7.84. The van der Waals surface area contributed by atoms with Crippen LogP contribution >= 0.6 is 0 Å². The molecule has 1 atom stereocenters. The van der Waals surface area contributed by atoms with Crippen molar-refractivity contribution in [2.45, 2.75) is 284 Å². The molecule has 0 N–H and O–H groups in total. The van der Waals surface area contributed by atoms with Gasteiger partial charge >= 0.3 is 11.9 Å². The van der Waals surface area contributed by atoms with Crippen molar-refractivity contribution < 1.29 is 23.8 Å². The largest absolute Gasteiger partial charge is 0.462 e. The minimum atomic E-state index is -0.541. The van der Waals surface area contributed by atoms with E-state index in [4.69, 9.17) is 14.2 Å². The molecule has 0 aromatic rings. The summed E-state index contributed by atoms with van der Waals surface area (Å²) < 4.78 is 17.4. The molecule has 0 saturated carbocycles. The van der Waals surface area contributed by atoms with E-state index in [2.05, 4.69) is 81.5 Å². The molecule has 0 spiro atoms. The lowest BCUT2D eigenvalue weighted by molar-refractivity contribution is -0.163. The molecule has 0 aliphatic rings. The molecule has 0 radical (unpaired) electrons. The highest BCUT2D eigenvalue weighted by Gasteiger charge is 2.17. The van der Waals surface area contributed by atoms with Gasteiger partial charge in [0.1, 0.15) is 6.61 Å². The molecule has 0 aromatic heterocycles. The van der Waals surface area contributed by atoms with Crippen LogP contribution in [0.2, 0.25) is 0 Å². The van der Waals surface area contributed by atoms with Gasteiger partial charge in [0.2, 0.25) is 0 Å². The van der Waals surface area contributed by atoms with Crippen LogP contribution in [0.25, 0.3) is 0 Å². The minimum absolute atomic E-state index is 0.0804. The van der Waals surface area contributed by atoms with E-state index in [9.17, 15) is 9.59 Å². The first-order chi connectivity index (χ1) is 31.6. The van der Waals surface area contributed by atoms with Gasteiger partial charge < -0.3 is 14.2 Å². The topological polar surface area (TPSA) is 61.8 Å². The molecule has 0 saturated heterocycles. The van der Waals surface area contributed by atoms with Gasteiger partial charge in [-0.3, -0.25) is 9.59 Å². The van der Waals surface area contributed by atoms with E-state index in [-0.39, 0.29) is 25.2 Å². The van der Waals surface area contributed by atoms with Crippen molar-refractivity contribution in [2.24, 2.45) is 0 Å². The molecule has 0 aromatic carbocycles. The fourth-order valence-electron chi connectivity index (χ4n) is 7.84. The van der Waals surface area contributed by atoms with Crippen LogP contribution in [0, 0.1) is 0 Å². The molecule has 0 rings (SSSR count). The second-order valence-corrected chi connectivity index (χ2v) is 18.5. The molecule has 0 fully saturated rings. The first-order valence-corrected chi connectivity index (χ1v) is 27.8. The summed E-state index contributed by atoms with van der Waals surface area (Å²) in [6.07, 6.45) is 69.5. The quantitative estimate of drug-likeness (QED) is 0.0346. The van der Waals surface area contributed by atoms with Crippen LogP contribution in [0.4, 0.5) is 0 Å². The highest BCUT2D eigenvalue weighted by molar-refractivity contribution is 5.70. The van der Waals surface area contributed by atoms with Crippen LogP contribution in [-0.2, 0) is 23.8 Å². The standard InChI is InChI=1S/C59H106O5/c1-4-7-10-13-16-19-21-23-25-27-29-31-33-35-37-39-42-45-48-51-54-62-55-57(64-59(61)53-50-47-44-40-18-15-12-9-6-3)56-63-58(60)52-49-46-43-41-38-36-34-32-30-28-26-24-22-20-17-14-11-8-5-2/h16-17,19-20,23-26,29,31,57H,4-15,18,21-22,27-28,30,32-56H2,1-3H3/b19-16-,20-17-,25-23-,26-24-,31-29-. The van der Waals surface area contributed by atoms with Crippen molar-refractivity contribution in [3.63, 3.8) is 0 Å². The Hall–Kier alpha value is -2.40. The third kappa shape index (κ3) is 52.2. The maximum atomic E-state index is 12.8. The molecule has 1 unspecified atom stereocenters. The summed E-state index contributed by atoms with van der Waals surface area (Å²) in [6.45, 7) is 7.76. The number of esters is 2. The number of rotatable bonds is 51. The molecule has 5 heteroatoms. The number of carbonyl (C=O) groups excluding carboxylic acids is 2. The summed E-state index contributed by atoms with van der Waals surface area (Å²) in [5.41, 5.74) is 0. The van der Waals surface area contributed by atoms with Crippen molar-refractivity contribution >= 4 is 11.9 Å². The zero-order chi connectivity index (χ0) is 46.3. The molecule has 0 aliphatic heterocycles. The maximum absolute atomic E-state index is 12.8. The van der Waals surface area contributed by atoms with Crippen LogP contribution < -0.4 is 0 Å². The van der Waals surface area contributed by atoms with E-state index in [1.165, 1.54) is 186 Å². The summed E-state index contributed by atoms with van der Waals surface area (Å²) in [5, 5.41) is 0. The molecular weight excluding hydrogens is 789 g/mol. The number of hydrogen-bond donors (Lipinski definition) is 0. The van der Waals surface area contributed by atoms with Crippen LogP contribution in [0.3, 0.4) is 0 Å². The Morgan fingerprint density at radius 1 is 0.344 bits per heavy atom. The lowest BCUT2D eigenvalue weighted by Gasteiger charge is -2.18. The Morgan fingerprint density at radius 3 is 1.08 bits per heavy atom. The second-order valence-electron chi connectivity index (χ2n) is 18.5. The highest BCUT2D eigenvalue weighted by atomic mass is 16.6. The van der Waals surface area contributed by atoms with Gasteiger partial charge in [0.05, 0.1) is 6.61 Å². The summed E-state index contributed by atoms with van der Waals surface area (Å²) >= 11 is 0. The van der Waals surface area contributed by atoms with Gasteiger partial charge in [-0.1, -0.05) is 236 Å². The highest BCUT2D eigenvalue weighted by Crippen LogP contribution is 2.15. The van der Waals surface area contributed by atoms with Crippen molar-refractivity contribution in [2.75, 3.05) is 19.8 Å². The lowest BCUT2D eigenvalue weighted by atomic mass is 10.1. The van der Waals surface area contributed by atoms with Crippen molar-refractivity contribution in [3.8, 4) is 0 Å². The van der Waals surface area contributed by atoms with Gasteiger partial charge in [-0.05, 0) is 89.9 Å². The van der Waals surface area contributed by atoms with E-state index in [0.29, 0.717) is 19.4 Å². The molecule has 372 valence electrons. The Morgan fingerprint density at radius 2 is 0.656 bits per heavy atom. The number of unbranched alkanes of at least 4 members (excludes halogenated alkanes) is 30. The van der Waals surface area contributed by atoms with Gasteiger partial charge in [0.15, 0.2) is 6.10 Å². The van der Waals surface area contributed by atoms with Crippen LogP contribution in [0.5, 0.6) is 0 Å². The molecule has 5 nitrogen and oxygen atoms in total. The smallest absolute Gasteiger partial charge is 0.306 e. The Bertz CT molecular complexity index is 1100. The monoisotopic (exact) mass is 895 g/mol. The average Bonchev–Trinajstić information content (AvgIpc) is 3.30. The number of allylic oxidation sites excluding steroid dienone is 10. The van der Waals surface area contributed by atoms with E-state index >= 15 is 0 Å². The van der Waals surface area contributed by atoms with Gasteiger partial charge in [-0.2, -0.15) is 0 Å². The summed E-state index contributed by atoms with van der Waals surface area (Å²) in [5.74, 6) is -0.401. The Balaban J connectivity index is 4.17. The fraction of sp³-hybridized carbons (Fsp3) is 0.797. The van der Waals surface area contributed by atoms with E-state index in [0.717, 1.165) is 57.8 Å². The summed E-state index contributed by atoms with van der Waals surface area (Å²) in [4.78, 5) is 25.4. The Kier molecular flexibility index (Phi) is 52.9. The third-order valence-electron chi connectivity index (χ3n) is 12.0. The van der Waals surface area contributed by atoms with Gasteiger partial charge in [-0.15, -0.1) is 0 Å². The van der Waals surface area contributed by atoms with Gasteiger partial charge in [0, 0.05) is 19.4 Å². The predicted octanol–water partition coefficient (Wildman–Crippen LogP) is 18.9. The van der Waals surface area contributed by atoms with Crippen LogP contribution in [0.1, 0.15) is 278 Å². The summed E-state index contributed by atoms with van der Waals surface area (Å²) in [7, 11) is 0. The Labute approximate surface area is 398 Å². The first-order valence-electron chi connectivity index (χ1n) is 27.8. The normalized spacial score (nSPS) is 12.6. The molecule has 0 bridgehead atoms. The van der Waals surface area contributed by atoms with Crippen molar-refractivity contribution in [1.29, 1.82) is 0 Å². The van der Waals surface area contributed by atoms with Crippen LogP contribution in [0.15, 0.2) is 60.8 Å². The van der Waals surface area contributed by atoms with E-state index in [1.807, 2.05) is 0 Å². The van der Waals surface area contributed by atoms with Crippen LogP contribution in [-0.4, -0.2) is 37.9 Å². The van der Waals surface area contributed by atoms with Crippen molar-refractivity contribution in [3.05, 3.63) is 60.8 Å². The zero-order valence-corrected chi connectivity index (χ0v) is 42.8. The van der Waals surface area contributed by atoms with E-state index in [1.54, 1.807) is 0 Å². The SMILES string of the molecule is CCCCC/C=C\C/C=C\C/C=C\CCCCCCCCCOCC(COC(=O)CCCCCCCCCCC/C=C\C/C=C\CCCCC)OC(=O)CCCCCCCCCCC. The van der Waals surface area contributed by atoms with E-state index < -0.39 is 6.10 Å². The lowest BCUT2D eigenvalue weighted by Crippen LogP contribution is -2.30. The zero-order valence-electron chi connectivity index (χ0n) is 42.8. The van der Waals surface area contributed by atoms with Gasteiger partial charge in [0.25, 0.3) is 0 Å². The second kappa shape index (κ2) is 54.9. The summed E-state index contributed by atoms with van der Waals surface area (Å²) in [6, 6.07) is 0. The molecule has 64 heavy (non-hydrogen) atoms. The van der Waals surface area contributed by atoms with Crippen molar-refractivity contribution in [1.82, 2.24) is 0 Å². The number of carbonyl (C=O) groups is 2. The molecular formula is C59H106O5. The third-order valence-corrected chi connectivity index (χ3v) is 12.0. The van der Waals surface area contributed by atoms with Gasteiger partial charge in [-0.25, -0.2) is 0 Å².